The highest BCUT2D eigenvalue weighted by Gasteiger charge is 2.25. The van der Waals surface area contributed by atoms with Gasteiger partial charge in [-0.2, -0.15) is 0 Å². The second-order valence-electron chi connectivity index (χ2n) is 5.03. The Morgan fingerprint density at radius 2 is 1.83 bits per heavy atom. The van der Waals surface area contributed by atoms with E-state index in [9.17, 15) is 9.59 Å². The number of amides is 2. The number of carbonyl (C=O) groups excluding carboxylic acids is 2. The Balaban J connectivity index is 2.33. The van der Waals surface area contributed by atoms with Crippen molar-refractivity contribution in [2.45, 2.75) is 13.8 Å². The molecule has 104 valence electrons. The van der Waals surface area contributed by atoms with E-state index in [1.165, 1.54) is 0 Å². The highest BCUT2D eigenvalue weighted by molar-refractivity contribution is 6.35. The Kier molecular flexibility index (Phi) is 6.07. The van der Waals surface area contributed by atoms with Gasteiger partial charge < -0.3 is 16.0 Å². The Hall–Kier alpha value is -1.14. The van der Waals surface area contributed by atoms with E-state index >= 15 is 0 Å². The molecule has 2 amide bonds. The van der Waals surface area contributed by atoms with E-state index in [-0.39, 0.29) is 0 Å². The summed E-state index contributed by atoms with van der Waals surface area (Å²) in [4.78, 5) is 27.2. The van der Waals surface area contributed by atoms with Crippen LogP contribution in [0.3, 0.4) is 0 Å². The average molecular weight is 256 g/mol. The summed E-state index contributed by atoms with van der Waals surface area (Å²) in [6.07, 6.45) is 0. The van der Waals surface area contributed by atoms with Gasteiger partial charge in [0.1, 0.15) is 0 Å². The van der Waals surface area contributed by atoms with Crippen molar-refractivity contribution in [3.8, 4) is 0 Å². The van der Waals surface area contributed by atoms with Crippen LogP contribution in [-0.4, -0.2) is 67.4 Å². The van der Waals surface area contributed by atoms with Crippen molar-refractivity contribution in [2.24, 2.45) is 11.7 Å². The van der Waals surface area contributed by atoms with E-state index in [1.54, 1.807) is 4.90 Å². The monoisotopic (exact) mass is 256 g/mol. The minimum absolute atomic E-state index is 0.345. The predicted octanol–water partition coefficient (Wildman–Crippen LogP) is -1.14. The molecule has 6 heteroatoms. The number of nitrogens with two attached hydrogens (primary N) is 1. The van der Waals surface area contributed by atoms with Gasteiger partial charge in [-0.3, -0.25) is 14.5 Å². The van der Waals surface area contributed by atoms with Gasteiger partial charge >= 0.3 is 11.8 Å². The molecule has 0 saturated carbocycles. The molecule has 0 radical (unpaired) electrons. The van der Waals surface area contributed by atoms with Crippen LogP contribution >= 0.6 is 0 Å². The second kappa shape index (κ2) is 7.33. The molecule has 0 bridgehead atoms. The molecule has 0 aromatic heterocycles. The zero-order chi connectivity index (χ0) is 13.5. The first-order chi connectivity index (χ1) is 8.54. The maximum Gasteiger partial charge on any atom is 0.311 e. The molecule has 0 unspecified atom stereocenters. The van der Waals surface area contributed by atoms with E-state index in [4.69, 9.17) is 5.73 Å². The van der Waals surface area contributed by atoms with Gasteiger partial charge in [0.25, 0.3) is 0 Å². The fourth-order valence-corrected chi connectivity index (χ4v) is 2.05. The highest BCUT2D eigenvalue weighted by atomic mass is 16.2. The van der Waals surface area contributed by atoms with Gasteiger partial charge in [-0.15, -0.1) is 0 Å². The SMILES string of the molecule is CC(C)CN1CCN(C(=O)C(=O)NCCN)CC1. The topological polar surface area (TPSA) is 78.7 Å². The van der Waals surface area contributed by atoms with Gasteiger partial charge in [-0.25, -0.2) is 0 Å². The summed E-state index contributed by atoms with van der Waals surface area (Å²) in [5, 5.41) is 2.50. The molecule has 0 atom stereocenters. The van der Waals surface area contributed by atoms with E-state index in [1.807, 2.05) is 0 Å². The third-order valence-corrected chi connectivity index (χ3v) is 2.91. The summed E-state index contributed by atoms with van der Waals surface area (Å²) in [6, 6.07) is 0. The molecule has 0 aromatic carbocycles. The second-order valence-corrected chi connectivity index (χ2v) is 5.03. The fraction of sp³-hybridized carbons (Fsp3) is 0.833. The van der Waals surface area contributed by atoms with Crippen LogP contribution in [0.1, 0.15) is 13.8 Å². The minimum Gasteiger partial charge on any atom is -0.347 e. The smallest absolute Gasteiger partial charge is 0.311 e. The Bertz CT molecular complexity index is 286. The molecule has 0 aromatic rings. The summed E-state index contributed by atoms with van der Waals surface area (Å²) in [6.45, 7) is 9.03. The molecule has 0 spiro atoms. The van der Waals surface area contributed by atoms with Gasteiger partial charge in [-0.1, -0.05) is 13.8 Å². The third-order valence-electron chi connectivity index (χ3n) is 2.91. The first-order valence-electron chi connectivity index (χ1n) is 6.54. The van der Waals surface area contributed by atoms with Crippen LogP contribution in [-0.2, 0) is 9.59 Å². The summed E-state index contributed by atoms with van der Waals surface area (Å²) < 4.78 is 0. The predicted molar refractivity (Wildman–Crippen MR) is 69.9 cm³/mol. The maximum absolute atomic E-state index is 11.8. The quantitative estimate of drug-likeness (QED) is 0.623. The number of hydrogen-bond donors (Lipinski definition) is 2. The van der Waals surface area contributed by atoms with Crippen molar-refractivity contribution in [1.29, 1.82) is 0 Å². The van der Waals surface area contributed by atoms with Crippen molar-refractivity contribution in [2.75, 3.05) is 45.8 Å². The fourth-order valence-electron chi connectivity index (χ4n) is 2.05. The molecule has 18 heavy (non-hydrogen) atoms. The first kappa shape index (κ1) is 14.9. The lowest BCUT2D eigenvalue weighted by Crippen LogP contribution is -2.53. The summed E-state index contributed by atoms with van der Waals surface area (Å²) in [5.74, 6) is -0.356. The number of nitrogens with zero attached hydrogens (tertiary/aromatic N) is 2. The van der Waals surface area contributed by atoms with Crippen molar-refractivity contribution in [3.63, 3.8) is 0 Å². The molecule has 1 rings (SSSR count). The molecule has 1 aliphatic heterocycles. The molecule has 3 N–H and O–H groups in total. The van der Waals surface area contributed by atoms with Crippen LogP contribution in [0, 0.1) is 5.92 Å². The van der Waals surface area contributed by atoms with E-state index in [0.717, 1.165) is 19.6 Å². The molecular formula is C12H24N4O2. The molecule has 6 nitrogen and oxygen atoms in total. The molecular weight excluding hydrogens is 232 g/mol. The molecule has 0 aliphatic carbocycles. The van der Waals surface area contributed by atoms with E-state index < -0.39 is 11.8 Å². The van der Waals surface area contributed by atoms with Crippen molar-refractivity contribution < 1.29 is 9.59 Å². The van der Waals surface area contributed by atoms with Crippen LogP contribution in [0.25, 0.3) is 0 Å². The molecule has 1 aliphatic rings. The zero-order valence-electron chi connectivity index (χ0n) is 11.3. The maximum atomic E-state index is 11.8. The number of carbonyl (C=O) groups is 2. The highest BCUT2D eigenvalue weighted by Crippen LogP contribution is 2.05. The summed E-state index contributed by atoms with van der Waals surface area (Å²) in [5.41, 5.74) is 5.27. The number of hydrogen-bond acceptors (Lipinski definition) is 4. The zero-order valence-corrected chi connectivity index (χ0v) is 11.3. The lowest BCUT2D eigenvalue weighted by atomic mass is 10.2. The van der Waals surface area contributed by atoms with E-state index in [2.05, 4.69) is 24.1 Å². The van der Waals surface area contributed by atoms with Gasteiger partial charge in [0, 0.05) is 45.8 Å². The first-order valence-corrected chi connectivity index (χ1v) is 6.54. The van der Waals surface area contributed by atoms with Crippen LogP contribution in [0.15, 0.2) is 0 Å². The Labute approximate surface area is 108 Å². The molecule has 1 heterocycles. The van der Waals surface area contributed by atoms with Crippen molar-refractivity contribution in [3.05, 3.63) is 0 Å². The van der Waals surface area contributed by atoms with Gasteiger partial charge in [0.15, 0.2) is 0 Å². The summed E-state index contributed by atoms with van der Waals surface area (Å²) in [7, 11) is 0. The van der Waals surface area contributed by atoms with Crippen molar-refractivity contribution >= 4 is 11.8 Å². The minimum atomic E-state index is -0.544. The number of rotatable bonds is 4. The lowest BCUT2D eigenvalue weighted by molar-refractivity contribution is -0.147. The van der Waals surface area contributed by atoms with Crippen LogP contribution in [0.2, 0.25) is 0 Å². The summed E-state index contributed by atoms with van der Waals surface area (Å²) >= 11 is 0. The number of piperazine rings is 1. The third kappa shape index (κ3) is 4.62. The Morgan fingerprint density at radius 3 is 2.33 bits per heavy atom. The van der Waals surface area contributed by atoms with E-state index in [0.29, 0.717) is 32.1 Å². The van der Waals surface area contributed by atoms with Gasteiger partial charge in [0.2, 0.25) is 0 Å². The van der Waals surface area contributed by atoms with Gasteiger partial charge in [-0.05, 0) is 5.92 Å². The van der Waals surface area contributed by atoms with Crippen LogP contribution in [0.5, 0.6) is 0 Å². The van der Waals surface area contributed by atoms with Crippen molar-refractivity contribution in [1.82, 2.24) is 15.1 Å². The van der Waals surface area contributed by atoms with Gasteiger partial charge in [0.05, 0.1) is 0 Å². The average Bonchev–Trinajstić information content (AvgIpc) is 2.35. The molecule has 1 fully saturated rings. The standard InChI is InChI=1S/C12H24N4O2/c1-10(2)9-15-5-7-16(8-6-15)12(18)11(17)14-4-3-13/h10H,3-9,13H2,1-2H3,(H,14,17). The normalized spacial score (nSPS) is 17.0. The Morgan fingerprint density at radius 1 is 1.22 bits per heavy atom. The van der Waals surface area contributed by atoms with Crippen LogP contribution in [0.4, 0.5) is 0 Å². The lowest BCUT2D eigenvalue weighted by Gasteiger charge is -2.35. The van der Waals surface area contributed by atoms with Crippen LogP contribution < -0.4 is 11.1 Å². The number of nitrogens with one attached hydrogen (secondary N) is 1. The molecule has 1 saturated heterocycles. The largest absolute Gasteiger partial charge is 0.347 e.